The molecule has 0 amide bonds. The zero-order chi connectivity index (χ0) is 11.3. The molecule has 1 aliphatic carbocycles. The third-order valence-electron chi connectivity index (χ3n) is 2.51. The highest BCUT2D eigenvalue weighted by Crippen LogP contribution is 2.68. The van der Waals surface area contributed by atoms with Crippen molar-refractivity contribution in [3.05, 3.63) is 29.8 Å². The second kappa shape index (κ2) is 2.87. The first-order valence-corrected chi connectivity index (χ1v) is 4.31. The topological polar surface area (TPSA) is 9.23 Å². The van der Waals surface area contributed by atoms with Crippen LogP contribution in [0.4, 0.5) is 17.6 Å². The number of hydrogen-bond donors (Lipinski definition) is 0. The van der Waals surface area contributed by atoms with Crippen LogP contribution in [-0.2, 0) is 0 Å². The van der Waals surface area contributed by atoms with Crippen molar-refractivity contribution in [2.24, 2.45) is 0 Å². The Morgan fingerprint density at radius 1 is 1.13 bits per heavy atom. The van der Waals surface area contributed by atoms with Crippen LogP contribution in [0.2, 0.25) is 0 Å². The van der Waals surface area contributed by atoms with Gasteiger partial charge in [0.05, 0.1) is 7.11 Å². The highest BCUT2D eigenvalue weighted by Gasteiger charge is 2.85. The SMILES string of the molecule is COc1cccc(C2C(F)(F)C2(F)F)c1. The molecule has 1 fully saturated rings. The number of ether oxygens (including phenoxy) is 1. The van der Waals surface area contributed by atoms with Crippen molar-refractivity contribution in [1.82, 2.24) is 0 Å². The lowest BCUT2D eigenvalue weighted by Crippen LogP contribution is -2.02. The maximum absolute atomic E-state index is 12.7. The van der Waals surface area contributed by atoms with Crippen LogP contribution in [0.1, 0.15) is 11.5 Å². The normalized spacial score (nSPS) is 22.5. The Hall–Kier alpha value is -1.26. The first-order chi connectivity index (χ1) is 6.91. The van der Waals surface area contributed by atoms with Gasteiger partial charge in [-0.15, -0.1) is 0 Å². The summed E-state index contributed by atoms with van der Waals surface area (Å²) in [5, 5.41) is 0. The van der Waals surface area contributed by atoms with E-state index in [0.717, 1.165) is 0 Å². The van der Waals surface area contributed by atoms with Crippen LogP contribution in [0.15, 0.2) is 24.3 Å². The molecule has 15 heavy (non-hydrogen) atoms. The van der Waals surface area contributed by atoms with Gasteiger partial charge in [-0.05, 0) is 17.7 Å². The van der Waals surface area contributed by atoms with E-state index < -0.39 is 17.8 Å². The molecule has 1 nitrogen and oxygen atoms in total. The van der Waals surface area contributed by atoms with Crippen molar-refractivity contribution in [1.29, 1.82) is 0 Å². The van der Waals surface area contributed by atoms with Gasteiger partial charge in [-0.3, -0.25) is 0 Å². The molecule has 0 unspecified atom stereocenters. The van der Waals surface area contributed by atoms with Gasteiger partial charge in [-0.25, -0.2) is 0 Å². The molecule has 0 radical (unpaired) electrons. The molecule has 0 bridgehead atoms. The standard InChI is InChI=1S/C10H8F4O/c1-15-7-4-2-3-6(5-7)8-9(11,12)10(8,13)14/h2-5,8H,1H3. The van der Waals surface area contributed by atoms with Crippen molar-refractivity contribution in [3.8, 4) is 5.75 Å². The van der Waals surface area contributed by atoms with Gasteiger partial charge in [0.1, 0.15) is 11.7 Å². The van der Waals surface area contributed by atoms with E-state index >= 15 is 0 Å². The summed E-state index contributed by atoms with van der Waals surface area (Å²) in [6, 6.07) is 5.39. The molecule has 0 spiro atoms. The fraction of sp³-hybridized carbons (Fsp3) is 0.400. The van der Waals surface area contributed by atoms with Crippen molar-refractivity contribution in [2.45, 2.75) is 17.8 Å². The molecule has 1 saturated carbocycles. The minimum atomic E-state index is -3.93. The molecular formula is C10H8F4O. The zero-order valence-corrected chi connectivity index (χ0v) is 7.81. The van der Waals surface area contributed by atoms with Crippen LogP contribution in [0, 0.1) is 0 Å². The molecule has 0 aliphatic heterocycles. The molecule has 0 aromatic heterocycles. The highest BCUT2D eigenvalue weighted by atomic mass is 19.3. The molecule has 1 aliphatic rings. The van der Waals surface area contributed by atoms with Gasteiger partial charge in [0, 0.05) is 0 Å². The Labute approximate surface area is 83.7 Å². The minimum Gasteiger partial charge on any atom is -0.497 e. The van der Waals surface area contributed by atoms with Crippen LogP contribution in [0.5, 0.6) is 5.75 Å². The maximum atomic E-state index is 12.7. The molecule has 0 saturated heterocycles. The first-order valence-electron chi connectivity index (χ1n) is 4.31. The van der Waals surface area contributed by atoms with E-state index in [9.17, 15) is 17.6 Å². The summed E-state index contributed by atoms with van der Waals surface area (Å²) in [6.45, 7) is 0. The smallest absolute Gasteiger partial charge is 0.323 e. The average Bonchev–Trinajstić information content (AvgIpc) is 2.58. The summed E-state index contributed by atoms with van der Waals surface area (Å²) >= 11 is 0. The fourth-order valence-corrected chi connectivity index (χ4v) is 1.58. The Balaban J connectivity index is 2.33. The van der Waals surface area contributed by atoms with Gasteiger partial charge in [0.2, 0.25) is 0 Å². The highest BCUT2D eigenvalue weighted by molar-refractivity contribution is 5.40. The van der Waals surface area contributed by atoms with Gasteiger partial charge in [0.25, 0.3) is 0 Å². The number of alkyl halides is 4. The Kier molecular flexibility index (Phi) is 1.96. The number of methoxy groups -OCH3 is 1. The summed E-state index contributed by atoms with van der Waals surface area (Å²) < 4.78 is 55.6. The zero-order valence-electron chi connectivity index (χ0n) is 7.81. The molecule has 0 heterocycles. The van der Waals surface area contributed by atoms with Crippen molar-refractivity contribution >= 4 is 0 Å². The van der Waals surface area contributed by atoms with E-state index in [1.54, 1.807) is 0 Å². The van der Waals surface area contributed by atoms with Crippen LogP contribution in [0.25, 0.3) is 0 Å². The number of halogens is 4. The molecule has 5 heteroatoms. The summed E-state index contributed by atoms with van der Waals surface area (Å²) in [7, 11) is 1.35. The van der Waals surface area contributed by atoms with E-state index in [4.69, 9.17) is 4.74 Å². The molecule has 0 atom stereocenters. The summed E-state index contributed by atoms with van der Waals surface area (Å²) in [5.41, 5.74) is -0.0932. The second-order valence-corrected chi connectivity index (χ2v) is 3.46. The summed E-state index contributed by atoms with van der Waals surface area (Å²) in [4.78, 5) is 0. The molecular weight excluding hydrogens is 212 g/mol. The predicted molar refractivity (Wildman–Crippen MR) is 45.6 cm³/mol. The third kappa shape index (κ3) is 1.29. The fourth-order valence-electron chi connectivity index (χ4n) is 1.58. The molecule has 1 aromatic carbocycles. The monoisotopic (exact) mass is 220 g/mol. The number of rotatable bonds is 2. The van der Waals surface area contributed by atoms with Gasteiger partial charge in [0.15, 0.2) is 0 Å². The summed E-state index contributed by atoms with van der Waals surface area (Å²) in [5.74, 6) is -9.58. The van der Waals surface area contributed by atoms with Crippen LogP contribution < -0.4 is 4.74 Å². The lowest BCUT2D eigenvalue weighted by Gasteiger charge is -2.02. The van der Waals surface area contributed by atoms with E-state index in [-0.39, 0.29) is 5.56 Å². The first kappa shape index (κ1) is 10.3. The molecule has 0 N–H and O–H groups in total. The number of benzene rings is 1. The van der Waals surface area contributed by atoms with Gasteiger partial charge < -0.3 is 4.74 Å². The lowest BCUT2D eigenvalue weighted by atomic mass is 10.1. The van der Waals surface area contributed by atoms with Crippen molar-refractivity contribution < 1.29 is 22.3 Å². The third-order valence-corrected chi connectivity index (χ3v) is 2.51. The maximum Gasteiger partial charge on any atom is 0.323 e. The van der Waals surface area contributed by atoms with Crippen molar-refractivity contribution in [2.75, 3.05) is 7.11 Å². The van der Waals surface area contributed by atoms with E-state index in [2.05, 4.69) is 0 Å². The predicted octanol–water partition coefficient (Wildman–Crippen LogP) is 3.06. The van der Waals surface area contributed by atoms with Gasteiger partial charge >= 0.3 is 11.8 Å². The van der Waals surface area contributed by atoms with Crippen LogP contribution in [0.3, 0.4) is 0 Å². The molecule has 1 aromatic rings. The van der Waals surface area contributed by atoms with Crippen LogP contribution in [-0.4, -0.2) is 19.0 Å². The number of hydrogen-bond acceptors (Lipinski definition) is 1. The Bertz CT molecular complexity index is 375. The van der Waals surface area contributed by atoms with Crippen molar-refractivity contribution in [3.63, 3.8) is 0 Å². The van der Waals surface area contributed by atoms with E-state index in [1.807, 2.05) is 0 Å². The molecule has 82 valence electrons. The van der Waals surface area contributed by atoms with E-state index in [1.165, 1.54) is 31.4 Å². The minimum absolute atomic E-state index is 0.0932. The Morgan fingerprint density at radius 2 is 1.73 bits per heavy atom. The average molecular weight is 220 g/mol. The largest absolute Gasteiger partial charge is 0.497 e. The van der Waals surface area contributed by atoms with Crippen LogP contribution >= 0.6 is 0 Å². The summed E-state index contributed by atoms with van der Waals surface area (Å²) in [6.07, 6.45) is 0. The molecule has 2 rings (SSSR count). The van der Waals surface area contributed by atoms with Gasteiger partial charge in [-0.1, -0.05) is 12.1 Å². The van der Waals surface area contributed by atoms with E-state index in [0.29, 0.717) is 5.75 Å². The lowest BCUT2D eigenvalue weighted by molar-refractivity contribution is -0.0278. The quantitative estimate of drug-likeness (QED) is 0.696. The Morgan fingerprint density at radius 3 is 2.20 bits per heavy atom. The van der Waals surface area contributed by atoms with Gasteiger partial charge in [-0.2, -0.15) is 17.6 Å². The second-order valence-electron chi connectivity index (χ2n) is 3.46.